The molecule has 6 heteroatoms. The van der Waals surface area contributed by atoms with Crippen molar-refractivity contribution in [3.05, 3.63) is 71.3 Å². The van der Waals surface area contributed by atoms with E-state index in [0.717, 1.165) is 16.2 Å². The maximum atomic E-state index is 11.8. The van der Waals surface area contributed by atoms with Crippen molar-refractivity contribution in [3.8, 4) is 0 Å². The number of benzene rings is 5. The largest absolute Gasteiger partial charge is 0.478 e. The zero-order chi connectivity index (χ0) is 20.4. The molecule has 5 aromatic rings. The van der Waals surface area contributed by atoms with Gasteiger partial charge in [0.1, 0.15) is 0 Å². The fourth-order valence-corrected chi connectivity index (χ4v) is 4.34. The topological polar surface area (TPSA) is 112 Å². The highest BCUT2D eigenvalue weighted by atomic mass is 16.4. The Morgan fingerprint density at radius 2 is 0.862 bits per heavy atom. The smallest absolute Gasteiger partial charge is 0.336 e. The highest BCUT2D eigenvalue weighted by Crippen LogP contribution is 2.42. The molecule has 6 nitrogen and oxygen atoms in total. The summed E-state index contributed by atoms with van der Waals surface area (Å²) in [5.74, 6) is -3.45. The van der Waals surface area contributed by atoms with E-state index in [-0.39, 0.29) is 22.1 Å². The van der Waals surface area contributed by atoms with Gasteiger partial charge in [0, 0.05) is 5.39 Å². The maximum Gasteiger partial charge on any atom is 0.336 e. The molecule has 0 fully saturated rings. The van der Waals surface area contributed by atoms with Crippen LogP contribution < -0.4 is 0 Å². The first kappa shape index (κ1) is 16.9. The summed E-state index contributed by atoms with van der Waals surface area (Å²) in [6.45, 7) is 0. The average Bonchev–Trinajstić information content (AvgIpc) is 2.70. The Bertz CT molecular complexity index is 1460. The van der Waals surface area contributed by atoms with E-state index >= 15 is 0 Å². The van der Waals surface area contributed by atoms with Gasteiger partial charge in [-0.3, -0.25) is 0 Å². The second kappa shape index (κ2) is 5.65. The Hall–Kier alpha value is -4.19. The maximum absolute atomic E-state index is 11.8. The van der Waals surface area contributed by atoms with Gasteiger partial charge in [-0.2, -0.15) is 0 Å². The first-order valence-electron chi connectivity index (χ1n) is 8.76. The van der Waals surface area contributed by atoms with E-state index in [0.29, 0.717) is 21.5 Å². The SMILES string of the molecule is O=C(O)c1ccc2c3ccc(C(=O)O)c4c(C(=O)O)ccc(c5cccc1c52)c43. The molecule has 0 atom stereocenters. The summed E-state index contributed by atoms with van der Waals surface area (Å²) in [6.07, 6.45) is 0. The van der Waals surface area contributed by atoms with Crippen LogP contribution in [0.2, 0.25) is 0 Å². The number of hydrogen-bond acceptors (Lipinski definition) is 3. The van der Waals surface area contributed by atoms with Gasteiger partial charge in [0.25, 0.3) is 0 Å². The molecule has 0 heterocycles. The average molecular weight is 384 g/mol. The van der Waals surface area contributed by atoms with Crippen LogP contribution in [0.1, 0.15) is 31.1 Å². The lowest BCUT2D eigenvalue weighted by molar-refractivity contribution is 0.0685. The molecule has 0 aromatic heterocycles. The Balaban J connectivity index is 2.16. The molecular formula is C23H12O6. The number of carbonyl (C=O) groups is 3. The zero-order valence-corrected chi connectivity index (χ0v) is 14.8. The van der Waals surface area contributed by atoms with E-state index in [1.807, 2.05) is 6.07 Å². The minimum absolute atomic E-state index is 0.0826. The van der Waals surface area contributed by atoms with Crippen molar-refractivity contribution in [1.82, 2.24) is 0 Å². The van der Waals surface area contributed by atoms with Crippen LogP contribution in [-0.2, 0) is 0 Å². The fraction of sp³-hybridized carbons (Fsp3) is 0. The standard InChI is InChI=1S/C23H12O6/c24-21(25)15-7-4-12-14-6-9-17(23(28)29)20-16(22(26)27)8-5-13(19(14)20)10-2-1-3-11(15)18(10)12/h1-9H,(H,24,25)(H,26,27)(H,28,29). The predicted molar refractivity (Wildman–Crippen MR) is 109 cm³/mol. The van der Waals surface area contributed by atoms with Crippen LogP contribution in [0.25, 0.3) is 43.1 Å². The first-order chi connectivity index (χ1) is 13.9. The van der Waals surface area contributed by atoms with E-state index in [1.54, 1.807) is 30.3 Å². The Labute approximate surface area is 162 Å². The van der Waals surface area contributed by atoms with Gasteiger partial charge in [0.05, 0.1) is 16.7 Å². The van der Waals surface area contributed by atoms with E-state index in [2.05, 4.69) is 0 Å². The summed E-state index contributed by atoms with van der Waals surface area (Å²) in [7, 11) is 0. The van der Waals surface area contributed by atoms with E-state index < -0.39 is 17.9 Å². The lowest BCUT2D eigenvalue weighted by atomic mass is 9.85. The third-order valence-corrected chi connectivity index (χ3v) is 5.47. The molecule has 0 spiro atoms. The summed E-state index contributed by atoms with van der Waals surface area (Å²) in [5.41, 5.74) is 0.0103. The van der Waals surface area contributed by atoms with Gasteiger partial charge < -0.3 is 15.3 Å². The van der Waals surface area contributed by atoms with E-state index in [1.165, 1.54) is 18.2 Å². The van der Waals surface area contributed by atoms with Crippen LogP contribution in [0.5, 0.6) is 0 Å². The molecule has 0 amide bonds. The quantitative estimate of drug-likeness (QED) is 0.303. The van der Waals surface area contributed by atoms with E-state index in [4.69, 9.17) is 0 Å². The first-order valence-corrected chi connectivity index (χ1v) is 8.76. The highest BCUT2D eigenvalue weighted by Gasteiger charge is 2.22. The lowest BCUT2D eigenvalue weighted by Crippen LogP contribution is -2.05. The summed E-state index contributed by atoms with van der Waals surface area (Å²) in [5, 5.41) is 33.8. The molecular weight excluding hydrogens is 372 g/mol. The van der Waals surface area contributed by atoms with Crippen molar-refractivity contribution >= 4 is 61.0 Å². The molecule has 0 aliphatic heterocycles. The molecule has 0 aliphatic carbocycles. The number of carboxylic acids is 3. The monoisotopic (exact) mass is 384 g/mol. The van der Waals surface area contributed by atoms with Crippen LogP contribution in [0.3, 0.4) is 0 Å². The zero-order valence-electron chi connectivity index (χ0n) is 14.8. The number of carboxylic acid groups (broad SMARTS) is 3. The molecule has 0 radical (unpaired) electrons. The van der Waals surface area contributed by atoms with Crippen molar-refractivity contribution < 1.29 is 29.7 Å². The molecule has 29 heavy (non-hydrogen) atoms. The third kappa shape index (κ3) is 2.14. The molecule has 5 aromatic carbocycles. The van der Waals surface area contributed by atoms with Crippen molar-refractivity contribution in [2.24, 2.45) is 0 Å². The number of rotatable bonds is 3. The normalized spacial score (nSPS) is 11.6. The van der Waals surface area contributed by atoms with Crippen molar-refractivity contribution in [3.63, 3.8) is 0 Å². The summed E-state index contributed by atoms with van der Waals surface area (Å²) >= 11 is 0. The molecule has 0 bridgehead atoms. The van der Waals surface area contributed by atoms with Crippen LogP contribution in [0, 0.1) is 0 Å². The Morgan fingerprint density at radius 3 is 1.38 bits per heavy atom. The molecule has 0 saturated carbocycles. The van der Waals surface area contributed by atoms with Gasteiger partial charge in [-0.1, -0.05) is 36.4 Å². The fourth-order valence-electron chi connectivity index (χ4n) is 4.34. The molecule has 140 valence electrons. The van der Waals surface area contributed by atoms with Crippen molar-refractivity contribution in [1.29, 1.82) is 0 Å². The molecule has 5 rings (SSSR count). The van der Waals surface area contributed by atoms with Crippen LogP contribution in [0.4, 0.5) is 0 Å². The second-order valence-corrected chi connectivity index (χ2v) is 6.88. The Morgan fingerprint density at radius 1 is 0.448 bits per heavy atom. The predicted octanol–water partition coefficient (Wildman–Crippen LogP) is 4.83. The lowest BCUT2D eigenvalue weighted by Gasteiger charge is -2.17. The van der Waals surface area contributed by atoms with Gasteiger partial charge in [0.2, 0.25) is 0 Å². The third-order valence-electron chi connectivity index (χ3n) is 5.47. The number of aromatic carboxylic acids is 3. The molecule has 3 N–H and O–H groups in total. The van der Waals surface area contributed by atoms with E-state index in [9.17, 15) is 29.7 Å². The van der Waals surface area contributed by atoms with Crippen LogP contribution >= 0.6 is 0 Å². The Kier molecular flexibility index (Phi) is 3.30. The minimum Gasteiger partial charge on any atom is -0.478 e. The minimum atomic E-state index is -1.21. The van der Waals surface area contributed by atoms with Gasteiger partial charge in [-0.05, 0) is 55.9 Å². The van der Waals surface area contributed by atoms with Crippen molar-refractivity contribution in [2.45, 2.75) is 0 Å². The molecule has 0 unspecified atom stereocenters. The summed E-state index contributed by atoms with van der Waals surface area (Å²) < 4.78 is 0. The second-order valence-electron chi connectivity index (χ2n) is 6.88. The van der Waals surface area contributed by atoms with Crippen LogP contribution in [0.15, 0.2) is 54.6 Å². The number of fused-ring (bicyclic) bond motifs is 2. The van der Waals surface area contributed by atoms with Gasteiger partial charge >= 0.3 is 17.9 Å². The molecule has 0 aliphatic rings. The van der Waals surface area contributed by atoms with Gasteiger partial charge in [-0.25, -0.2) is 14.4 Å². The van der Waals surface area contributed by atoms with Crippen molar-refractivity contribution in [2.75, 3.05) is 0 Å². The van der Waals surface area contributed by atoms with Gasteiger partial charge in [-0.15, -0.1) is 0 Å². The number of hydrogen-bond donors (Lipinski definition) is 3. The summed E-state index contributed by atoms with van der Waals surface area (Å²) in [4.78, 5) is 35.3. The van der Waals surface area contributed by atoms with Crippen LogP contribution in [-0.4, -0.2) is 33.2 Å². The molecule has 0 saturated heterocycles. The highest BCUT2D eigenvalue weighted by molar-refractivity contribution is 6.36. The van der Waals surface area contributed by atoms with Gasteiger partial charge in [0.15, 0.2) is 0 Å². The summed E-state index contributed by atoms with van der Waals surface area (Å²) in [6, 6.07) is 14.7.